The Kier molecular flexibility index (Phi) is 5.86. The minimum Gasteiger partial charge on any atom is -0.426 e. The lowest BCUT2D eigenvalue weighted by Crippen LogP contribution is -2.02. The first-order valence-electron chi connectivity index (χ1n) is 5.24. The minimum atomic E-state index is -0.290. The maximum atomic E-state index is 10.9. The van der Waals surface area contributed by atoms with Gasteiger partial charge in [0.1, 0.15) is 5.75 Å². The Hall–Kier alpha value is -1.09. The number of carbonyl (C=O) groups excluding carboxylic acids is 1. The van der Waals surface area contributed by atoms with Crippen molar-refractivity contribution in [3.8, 4) is 5.75 Å². The SMILES string of the molecule is CC(=O)Oc1ccccc1C=CCCCBr. The van der Waals surface area contributed by atoms with Crippen LogP contribution in [0.4, 0.5) is 0 Å². The van der Waals surface area contributed by atoms with Gasteiger partial charge in [0.05, 0.1) is 0 Å². The van der Waals surface area contributed by atoms with Crippen molar-refractivity contribution in [2.75, 3.05) is 5.33 Å². The van der Waals surface area contributed by atoms with Crippen LogP contribution in [0.3, 0.4) is 0 Å². The summed E-state index contributed by atoms with van der Waals surface area (Å²) in [5.74, 6) is 0.325. The molecule has 0 aliphatic heterocycles. The quantitative estimate of drug-likeness (QED) is 0.355. The fourth-order valence-corrected chi connectivity index (χ4v) is 1.60. The van der Waals surface area contributed by atoms with Crippen LogP contribution in [0.15, 0.2) is 30.3 Å². The third kappa shape index (κ3) is 4.62. The monoisotopic (exact) mass is 282 g/mol. The topological polar surface area (TPSA) is 26.3 Å². The molecule has 2 nitrogen and oxygen atoms in total. The summed E-state index contributed by atoms with van der Waals surface area (Å²) in [4.78, 5) is 10.9. The van der Waals surface area contributed by atoms with Gasteiger partial charge in [-0.3, -0.25) is 4.79 Å². The van der Waals surface area contributed by atoms with Gasteiger partial charge in [-0.1, -0.05) is 46.3 Å². The molecule has 0 atom stereocenters. The molecule has 1 aromatic carbocycles. The molecule has 0 spiro atoms. The van der Waals surface area contributed by atoms with E-state index in [4.69, 9.17) is 4.74 Å². The number of halogens is 1. The van der Waals surface area contributed by atoms with Gasteiger partial charge in [-0.25, -0.2) is 0 Å². The molecule has 3 heteroatoms. The molecule has 0 heterocycles. The van der Waals surface area contributed by atoms with Crippen LogP contribution in [0.1, 0.15) is 25.3 Å². The fourth-order valence-electron chi connectivity index (χ4n) is 1.27. The number of esters is 1. The minimum absolute atomic E-state index is 0.290. The predicted octanol–water partition coefficient (Wildman–Crippen LogP) is 3.80. The maximum absolute atomic E-state index is 10.9. The van der Waals surface area contributed by atoms with E-state index in [0.717, 1.165) is 23.7 Å². The lowest BCUT2D eigenvalue weighted by Gasteiger charge is -2.04. The van der Waals surface area contributed by atoms with Gasteiger partial charge in [-0.05, 0) is 18.9 Å². The van der Waals surface area contributed by atoms with E-state index in [2.05, 4.69) is 22.0 Å². The Morgan fingerprint density at radius 2 is 2.19 bits per heavy atom. The highest BCUT2D eigenvalue weighted by atomic mass is 79.9. The summed E-state index contributed by atoms with van der Waals surface area (Å²) in [6, 6.07) is 7.51. The second-order valence-electron chi connectivity index (χ2n) is 3.37. The van der Waals surface area contributed by atoms with Crippen LogP contribution in [0.5, 0.6) is 5.75 Å². The average Bonchev–Trinajstić information content (AvgIpc) is 2.26. The number of rotatable bonds is 5. The van der Waals surface area contributed by atoms with Crippen LogP contribution in [0, 0.1) is 0 Å². The van der Waals surface area contributed by atoms with Crippen molar-refractivity contribution in [3.05, 3.63) is 35.9 Å². The molecule has 1 rings (SSSR count). The first-order valence-corrected chi connectivity index (χ1v) is 6.36. The average molecular weight is 283 g/mol. The Morgan fingerprint density at radius 3 is 2.88 bits per heavy atom. The van der Waals surface area contributed by atoms with E-state index in [1.807, 2.05) is 24.3 Å². The lowest BCUT2D eigenvalue weighted by molar-refractivity contribution is -0.131. The van der Waals surface area contributed by atoms with Crippen molar-refractivity contribution in [1.29, 1.82) is 0 Å². The van der Waals surface area contributed by atoms with Gasteiger partial charge in [0.25, 0.3) is 0 Å². The summed E-state index contributed by atoms with van der Waals surface area (Å²) >= 11 is 3.38. The summed E-state index contributed by atoms with van der Waals surface area (Å²) in [5, 5.41) is 1.00. The van der Waals surface area contributed by atoms with Crippen LogP contribution in [-0.4, -0.2) is 11.3 Å². The van der Waals surface area contributed by atoms with Gasteiger partial charge in [-0.15, -0.1) is 0 Å². The van der Waals surface area contributed by atoms with Gasteiger partial charge < -0.3 is 4.74 Å². The number of alkyl halides is 1. The van der Waals surface area contributed by atoms with E-state index in [-0.39, 0.29) is 5.97 Å². The van der Waals surface area contributed by atoms with Crippen LogP contribution >= 0.6 is 15.9 Å². The molecular weight excluding hydrogens is 268 g/mol. The van der Waals surface area contributed by atoms with Crippen molar-refractivity contribution >= 4 is 28.0 Å². The maximum Gasteiger partial charge on any atom is 0.308 e. The Balaban J connectivity index is 2.70. The summed E-state index contributed by atoms with van der Waals surface area (Å²) in [7, 11) is 0. The van der Waals surface area contributed by atoms with Crippen molar-refractivity contribution in [3.63, 3.8) is 0 Å². The van der Waals surface area contributed by atoms with Gasteiger partial charge in [0, 0.05) is 17.8 Å². The molecule has 0 unspecified atom stereocenters. The summed E-state index contributed by atoms with van der Waals surface area (Å²) < 4.78 is 5.10. The van der Waals surface area contributed by atoms with Crippen LogP contribution in [-0.2, 0) is 4.79 Å². The number of benzene rings is 1. The summed E-state index contributed by atoms with van der Waals surface area (Å²) in [5.41, 5.74) is 0.937. The van der Waals surface area contributed by atoms with Crippen molar-refractivity contribution in [2.45, 2.75) is 19.8 Å². The van der Waals surface area contributed by atoms with Crippen molar-refractivity contribution < 1.29 is 9.53 Å². The Morgan fingerprint density at radius 1 is 1.44 bits per heavy atom. The molecule has 0 saturated heterocycles. The standard InChI is InChI=1S/C13H15BrO2/c1-11(15)16-13-9-5-4-8-12(13)7-3-2-6-10-14/h3-5,7-9H,2,6,10H2,1H3. The van der Waals surface area contributed by atoms with E-state index in [1.54, 1.807) is 6.07 Å². The second kappa shape index (κ2) is 7.23. The van der Waals surface area contributed by atoms with Gasteiger partial charge >= 0.3 is 5.97 Å². The van der Waals surface area contributed by atoms with Crippen LogP contribution in [0.2, 0.25) is 0 Å². The molecule has 0 radical (unpaired) electrons. The third-order valence-corrected chi connectivity index (χ3v) is 2.54. The summed E-state index contributed by atoms with van der Waals surface area (Å²) in [6.07, 6.45) is 6.19. The molecule has 0 bridgehead atoms. The number of carbonyl (C=O) groups is 1. The van der Waals surface area contributed by atoms with Crippen LogP contribution in [0.25, 0.3) is 6.08 Å². The third-order valence-electron chi connectivity index (χ3n) is 1.97. The highest BCUT2D eigenvalue weighted by Crippen LogP contribution is 2.19. The number of hydrogen-bond acceptors (Lipinski definition) is 2. The lowest BCUT2D eigenvalue weighted by atomic mass is 10.1. The fraction of sp³-hybridized carbons (Fsp3) is 0.308. The van der Waals surface area contributed by atoms with E-state index in [1.165, 1.54) is 6.92 Å². The zero-order chi connectivity index (χ0) is 11.8. The first-order chi connectivity index (χ1) is 7.74. The van der Waals surface area contributed by atoms with E-state index in [0.29, 0.717) is 5.75 Å². The number of unbranched alkanes of at least 4 members (excludes halogenated alkanes) is 1. The first kappa shape index (κ1) is 13.0. The highest BCUT2D eigenvalue weighted by Gasteiger charge is 2.01. The molecule has 0 fully saturated rings. The molecule has 1 aromatic rings. The van der Waals surface area contributed by atoms with Crippen LogP contribution < -0.4 is 4.74 Å². The Bertz CT molecular complexity index is 372. The normalized spacial score (nSPS) is 10.6. The molecule has 0 N–H and O–H groups in total. The molecule has 0 amide bonds. The molecule has 86 valence electrons. The number of allylic oxidation sites excluding steroid dienone is 1. The van der Waals surface area contributed by atoms with E-state index >= 15 is 0 Å². The molecular formula is C13H15BrO2. The Labute approximate surface area is 104 Å². The molecule has 0 aliphatic rings. The molecule has 0 aromatic heterocycles. The van der Waals surface area contributed by atoms with Crippen molar-refractivity contribution in [1.82, 2.24) is 0 Å². The molecule has 16 heavy (non-hydrogen) atoms. The highest BCUT2D eigenvalue weighted by molar-refractivity contribution is 9.09. The number of hydrogen-bond donors (Lipinski definition) is 0. The van der Waals surface area contributed by atoms with E-state index < -0.39 is 0 Å². The number of para-hydroxylation sites is 1. The van der Waals surface area contributed by atoms with Gasteiger partial charge in [0.15, 0.2) is 0 Å². The molecule has 0 saturated carbocycles. The van der Waals surface area contributed by atoms with Crippen molar-refractivity contribution in [2.24, 2.45) is 0 Å². The largest absolute Gasteiger partial charge is 0.426 e. The number of ether oxygens (including phenoxy) is 1. The zero-order valence-electron chi connectivity index (χ0n) is 9.28. The second-order valence-corrected chi connectivity index (χ2v) is 4.16. The van der Waals surface area contributed by atoms with Gasteiger partial charge in [-0.2, -0.15) is 0 Å². The molecule has 0 aliphatic carbocycles. The van der Waals surface area contributed by atoms with Gasteiger partial charge in [0.2, 0.25) is 0 Å². The summed E-state index contributed by atoms with van der Waals surface area (Å²) in [6.45, 7) is 1.41. The van der Waals surface area contributed by atoms with E-state index in [9.17, 15) is 4.79 Å². The predicted molar refractivity (Wildman–Crippen MR) is 69.8 cm³/mol. The zero-order valence-corrected chi connectivity index (χ0v) is 10.9. The smallest absolute Gasteiger partial charge is 0.308 e.